The molecule has 0 aliphatic rings. The van der Waals surface area contributed by atoms with Gasteiger partial charge in [-0.3, -0.25) is 0 Å². The second kappa shape index (κ2) is 6.63. The molecule has 6 heteroatoms. The molecule has 0 atom stereocenters. The van der Waals surface area contributed by atoms with E-state index in [4.69, 9.17) is 8.92 Å². The third-order valence-corrected chi connectivity index (χ3v) is 2.99. The zero-order valence-electron chi connectivity index (χ0n) is 11.1. The first-order valence-electron chi connectivity index (χ1n) is 5.63. The molecule has 4 nitrogen and oxygen atoms in total. The topological polar surface area (TPSA) is 52.6 Å². The highest BCUT2D eigenvalue weighted by Crippen LogP contribution is 2.38. The maximum absolute atomic E-state index is 11.2. The molecule has 0 aromatic heterocycles. The highest BCUT2D eigenvalue weighted by atomic mass is 35.5. The summed E-state index contributed by atoms with van der Waals surface area (Å²) in [6.45, 7) is 0. The van der Waals surface area contributed by atoms with Crippen LogP contribution in [0.25, 0.3) is 11.1 Å². The van der Waals surface area contributed by atoms with Gasteiger partial charge in [-0.15, -0.1) is 12.4 Å². The van der Waals surface area contributed by atoms with Gasteiger partial charge in [-0.25, -0.2) is 0 Å². The van der Waals surface area contributed by atoms with Crippen LogP contribution in [0, 0.1) is 0 Å². The summed E-state index contributed by atoms with van der Waals surface area (Å²) in [5.74, 6) is 0.588. The van der Waals surface area contributed by atoms with Gasteiger partial charge in [0.25, 0.3) is 0 Å². The van der Waals surface area contributed by atoms with Crippen molar-refractivity contribution in [1.82, 2.24) is 0 Å². The van der Waals surface area contributed by atoms with E-state index >= 15 is 0 Å². The van der Waals surface area contributed by atoms with Crippen molar-refractivity contribution in [1.29, 1.82) is 0 Å². The van der Waals surface area contributed by atoms with Gasteiger partial charge in [-0.2, -0.15) is 8.42 Å². The molecule has 0 saturated carbocycles. The summed E-state index contributed by atoms with van der Waals surface area (Å²) in [6.07, 6.45) is 1.00. The van der Waals surface area contributed by atoms with Crippen LogP contribution in [0.15, 0.2) is 48.5 Å². The Labute approximate surface area is 124 Å². The maximum atomic E-state index is 11.2. The fourth-order valence-corrected chi connectivity index (χ4v) is 2.26. The molecule has 0 N–H and O–H groups in total. The Balaban J connectivity index is 0.00000200. The van der Waals surface area contributed by atoms with Crippen molar-refractivity contribution in [3.63, 3.8) is 0 Å². The van der Waals surface area contributed by atoms with E-state index in [2.05, 4.69) is 0 Å². The van der Waals surface area contributed by atoms with Gasteiger partial charge in [0.2, 0.25) is 0 Å². The van der Waals surface area contributed by atoms with Crippen molar-refractivity contribution in [3.8, 4) is 22.6 Å². The zero-order valence-corrected chi connectivity index (χ0v) is 12.7. The molecule has 0 heterocycles. The van der Waals surface area contributed by atoms with Crippen molar-refractivity contribution in [2.45, 2.75) is 0 Å². The minimum atomic E-state index is -3.59. The fraction of sp³-hybridized carbons (Fsp3) is 0.143. The summed E-state index contributed by atoms with van der Waals surface area (Å²) < 4.78 is 32.7. The summed E-state index contributed by atoms with van der Waals surface area (Å²) in [5, 5.41) is 0. The molecular weight excluding hydrogens is 300 g/mol. The van der Waals surface area contributed by atoms with Crippen molar-refractivity contribution in [2.75, 3.05) is 13.4 Å². The normalized spacial score (nSPS) is 10.5. The number of para-hydroxylation sites is 1. The van der Waals surface area contributed by atoms with E-state index < -0.39 is 10.1 Å². The first-order valence-corrected chi connectivity index (χ1v) is 7.45. The monoisotopic (exact) mass is 314 g/mol. The van der Waals surface area contributed by atoms with Crippen molar-refractivity contribution < 1.29 is 17.3 Å². The molecule has 20 heavy (non-hydrogen) atoms. The lowest BCUT2D eigenvalue weighted by molar-refractivity contribution is 0.393. The fourth-order valence-electron chi connectivity index (χ4n) is 1.80. The van der Waals surface area contributed by atoms with Crippen LogP contribution in [0.3, 0.4) is 0 Å². The molecule has 0 spiro atoms. The smallest absolute Gasteiger partial charge is 0.306 e. The molecule has 0 fully saturated rings. The van der Waals surface area contributed by atoms with E-state index in [1.165, 1.54) is 7.11 Å². The Morgan fingerprint density at radius 3 is 2.15 bits per heavy atom. The highest BCUT2D eigenvalue weighted by Gasteiger charge is 2.15. The summed E-state index contributed by atoms with van der Waals surface area (Å²) in [4.78, 5) is 0. The Morgan fingerprint density at radius 2 is 1.60 bits per heavy atom. The Bertz CT molecular complexity index is 669. The third kappa shape index (κ3) is 3.88. The van der Waals surface area contributed by atoms with Crippen LogP contribution in [0.5, 0.6) is 11.5 Å². The van der Waals surface area contributed by atoms with E-state index in [1.807, 2.05) is 36.4 Å². The van der Waals surface area contributed by atoms with E-state index in [-0.39, 0.29) is 18.2 Å². The van der Waals surface area contributed by atoms with Crippen LogP contribution < -0.4 is 8.92 Å². The molecule has 2 rings (SSSR count). The lowest BCUT2D eigenvalue weighted by Gasteiger charge is -2.13. The van der Waals surface area contributed by atoms with Gasteiger partial charge in [0.15, 0.2) is 11.5 Å². The first-order chi connectivity index (χ1) is 9.01. The van der Waals surface area contributed by atoms with Gasteiger partial charge in [0.1, 0.15) is 0 Å². The van der Waals surface area contributed by atoms with Crippen LogP contribution in [0.4, 0.5) is 0 Å². The second-order valence-electron chi connectivity index (χ2n) is 3.99. The summed E-state index contributed by atoms with van der Waals surface area (Å²) in [5.41, 5.74) is 1.71. The first kappa shape index (κ1) is 16.3. The summed E-state index contributed by atoms with van der Waals surface area (Å²) >= 11 is 0. The number of benzene rings is 2. The number of ether oxygens (including phenoxy) is 1. The number of hydrogen-bond acceptors (Lipinski definition) is 4. The van der Waals surface area contributed by atoms with Gasteiger partial charge in [-0.05, 0) is 11.6 Å². The lowest BCUT2D eigenvalue weighted by atomic mass is 10.0. The third-order valence-electron chi connectivity index (χ3n) is 2.51. The van der Waals surface area contributed by atoms with Crippen LogP contribution in [-0.4, -0.2) is 21.8 Å². The standard InChI is InChI=1S/C14H14O4S.ClH/c1-17-14-12(11-7-4-3-5-8-11)9-6-10-13(14)18-19(2,15)16;/h3-10H,1-2H3;1H. The molecule has 2 aromatic rings. The minimum Gasteiger partial charge on any atom is -0.492 e. The SMILES string of the molecule is COc1c(OS(C)(=O)=O)cccc1-c1ccccc1.Cl. The van der Waals surface area contributed by atoms with E-state index in [9.17, 15) is 8.42 Å². The average molecular weight is 315 g/mol. The van der Waals surface area contributed by atoms with Crippen LogP contribution >= 0.6 is 12.4 Å². The van der Waals surface area contributed by atoms with Crippen LogP contribution in [-0.2, 0) is 10.1 Å². The highest BCUT2D eigenvalue weighted by molar-refractivity contribution is 7.86. The predicted octanol–water partition coefficient (Wildman–Crippen LogP) is 3.12. The van der Waals surface area contributed by atoms with E-state index in [0.29, 0.717) is 5.75 Å². The van der Waals surface area contributed by atoms with Crippen LogP contribution in [0.2, 0.25) is 0 Å². The summed E-state index contributed by atoms with van der Waals surface area (Å²) in [7, 11) is -2.11. The molecule has 0 amide bonds. The van der Waals surface area contributed by atoms with Crippen molar-refractivity contribution >= 4 is 22.5 Å². The minimum absolute atomic E-state index is 0. The number of halogens is 1. The molecule has 2 aromatic carbocycles. The van der Waals surface area contributed by atoms with Gasteiger partial charge in [0.05, 0.1) is 13.4 Å². The van der Waals surface area contributed by atoms with Gasteiger partial charge in [-0.1, -0.05) is 42.5 Å². The second-order valence-corrected chi connectivity index (χ2v) is 5.57. The van der Waals surface area contributed by atoms with E-state index in [1.54, 1.807) is 12.1 Å². The van der Waals surface area contributed by atoms with Crippen molar-refractivity contribution in [2.24, 2.45) is 0 Å². The summed E-state index contributed by atoms with van der Waals surface area (Å²) in [6, 6.07) is 14.7. The van der Waals surface area contributed by atoms with Gasteiger partial charge in [0, 0.05) is 5.56 Å². The number of hydrogen-bond donors (Lipinski definition) is 0. The molecule has 0 unspecified atom stereocenters. The number of methoxy groups -OCH3 is 1. The quantitative estimate of drug-likeness (QED) is 0.814. The predicted molar refractivity (Wildman–Crippen MR) is 81.1 cm³/mol. The zero-order chi connectivity index (χ0) is 13.9. The Kier molecular flexibility index (Phi) is 5.42. The van der Waals surface area contributed by atoms with Gasteiger partial charge < -0.3 is 8.92 Å². The molecular formula is C14H15ClO4S. The molecule has 0 aliphatic carbocycles. The Morgan fingerprint density at radius 1 is 0.950 bits per heavy atom. The van der Waals surface area contributed by atoms with Crippen molar-refractivity contribution in [3.05, 3.63) is 48.5 Å². The largest absolute Gasteiger partial charge is 0.492 e. The van der Waals surface area contributed by atoms with Crippen LogP contribution in [0.1, 0.15) is 0 Å². The maximum Gasteiger partial charge on any atom is 0.306 e. The average Bonchev–Trinajstić information content (AvgIpc) is 2.37. The molecule has 0 bridgehead atoms. The Hall–Kier alpha value is -1.72. The van der Waals surface area contributed by atoms with Gasteiger partial charge >= 0.3 is 10.1 Å². The number of rotatable bonds is 4. The molecule has 0 radical (unpaired) electrons. The van der Waals surface area contributed by atoms with E-state index in [0.717, 1.165) is 17.4 Å². The lowest BCUT2D eigenvalue weighted by Crippen LogP contribution is -2.07. The molecule has 108 valence electrons. The molecule has 0 aliphatic heterocycles. The molecule has 0 saturated heterocycles.